The Bertz CT molecular complexity index is 294. The molecule has 1 aliphatic rings. The number of allylic oxidation sites excluding steroid dienone is 1. The van der Waals surface area contributed by atoms with Crippen LogP contribution in [0.4, 0.5) is 0 Å². The van der Waals surface area contributed by atoms with Gasteiger partial charge in [0.1, 0.15) is 0 Å². The molecule has 3 N–H and O–H groups in total. The van der Waals surface area contributed by atoms with Gasteiger partial charge in [0.05, 0.1) is 5.57 Å². The standard InChI is InChI=1S/C10H16N2OS/c1-12-6-8(10(11)13)7-4-3-5-9(7)14-2/h6,12H,3-5H2,1-2H3,(H2,11,13)/b8-6-. The summed E-state index contributed by atoms with van der Waals surface area (Å²) in [6.45, 7) is 0. The van der Waals surface area contributed by atoms with Crippen molar-refractivity contribution >= 4 is 17.7 Å². The summed E-state index contributed by atoms with van der Waals surface area (Å²) in [6, 6.07) is 0. The Morgan fingerprint density at radius 2 is 2.29 bits per heavy atom. The van der Waals surface area contributed by atoms with Gasteiger partial charge >= 0.3 is 0 Å². The zero-order valence-electron chi connectivity index (χ0n) is 8.59. The number of carbonyl (C=O) groups excluding carboxylic acids is 1. The minimum atomic E-state index is -0.345. The lowest BCUT2D eigenvalue weighted by Gasteiger charge is -2.07. The van der Waals surface area contributed by atoms with E-state index in [-0.39, 0.29) is 5.91 Å². The van der Waals surface area contributed by atoms with E-state index in [4.69, 9.17) is 5.73 Å². The number of nitrogens with one attached hydrogen (secondary N) is 1. The molecule has 0 fully saturated rings. The summed E-state index contributed by atoms with van der Waals surface area (Å²) in [5.74, 6) is -0.345. The summed E-state index contributed by atoms with van der Waals surface area (Å²) in [5.41, 5.74) is 7.09. The van der Waals surface area contributed by atoms with Crippen molar-refractivity contribution in [3.05, 3.63) is 22.3 Å². The molecule has 0 aromatic rings. The van der Waals surface area contributed by atoms with Crippen molar-refractivity contribution in [3.8, 4) is 0 Å². The number of nitrogens with two attached hydrogens (primary N) is 1. The average Bonchev–Trinajstić information content (AvgIpc) is 2.61. The summed E-state index contributed by atoms with van der Waals surface area (Å²) in [5, 5.41) is 2.86. The highest BCUT2D eigenvalue weighted by molar-refractivity contribution is 8.02. The van der Waals surface area contributed by atoms with Crippen LogP contribution < -0.4 is 11.1 Å². The number of hydrogen-bond acceptors (Lipinski definition) is 3. The van der Waals surface area contributed by atoms with Crippen LogP contribution in [0.2, 0.25) is 0 Å². The number of hydrogen-bond donors (Lipinski definition) is 2. The summed E-state index contributed by atoms with van der Waals surface area (Å²) in [7, 11) is 1.78. The maximum atomic E-state index is 11.2. The Labute approximate surface area is 88.8 Å². The van der Waals surface area contributed by atoms with Crippen LogP contribution in [0.1, 0.15) is 19.3 Å². The Morgan fingerprint density at radius 1 is 1.57 bits per heavy atom. The van der Waals surface area contributed by atoms with Crippen LogP contribution in [0.25, 0.3) is 0 Å². The van der Waals surface area contributed by atoms with E-state index in [9.17, 15) is 4.79 Å². The van der Waals surface area contributed by atoms with Crippen LogP contribution in [0.3, 0.4) is 0 Å². The number of primary amides is 1. The predicted octanol–water partition coefficient (Wildman–Crippen LogP) is 1.38. The quantitative estimate of drug-likeness (QED) is 0.692. The molecule has 0 atom stereocenters. The molecule has 0 saturated heterocycles. The van der Waals surface area contributed by atoms with E-state index in [0.29, 0.717) is 5.57 Å². The van der Waals surface area contributed by atoms with Crippen LogP contribution in [0, 0.1) is 0 Å². The minimum absolute atomic E-state index is 0.345. The van der Waals surface area contributed by atoms with Gasteiger partial charge in [-0.05, 0) is 36.0 Å². The average molecular weight is 212 g/mol. The molecule has 0 aromatic heterocycles. The van der Waals surface area contributed by atoms with Gasteiger partial charge < -0.3 is 11.1 Å². The summed E-state index contributed by atoms with van der Waals surface area (Å²) in [6.07, 6.45) is 6.90. The minimum Gasteiger partial charge on any atom is -0.393 e. The van der Waals surface area contributed by atoms with Gasteiger partial charge in [-0.1, -0.05) is 0 Å². The number of carbonyl (C=O) groups is 1. The maximum Gasteiger partial charge on any atom is 0.250 e. The molecule has 0 saturated carbocycles. The highest BCUT2D eigenvalue weighted by atomic mass is 32.2. The molecular weight excluding hydrogens is 196 g/mol. The molecule has 0 aromatic carbocycles. The van der Waals surface area contributed by atoms with Crippen molar-refractivity contribution < 1.29 is 4.79 Å². The van der Waals surface area contributed by atoms with Crippen molar-refractivity contribution in [2.24, 2.45) is 5.73 Å². The highest BCUT2D eigenvalue weighted by Crippen LogP contribution is 2.36. The first-order valence-corrected chi connectivity index (χ1v) is 5.86. The van der Waals surface area contributed by atoms with E-state index in [1.807, 2.05) is 6.26 Å². The van der Waals surface area contributed by atoms with Gasteiger partial charge in [-0.2, -0.15) is 0 Å². The molecule has 1 aliphatic carbocycles. The second kappa shape index (κ2) is 5.10. The molecule has 0 bridgehead atoms. The van der Waals surface area contributed by atoms with Crippen LogP contribution in [0.5, 0.6) is 0 Å². The van der Waals surface area contributed by atoms with Gasteiger partial charge in [-0.25, -0.2) is 0 Å². The number of thioether (sulfide) groups is 1. The molecule has 14 heavy (non-hydrogen) atoms. The smallest absolute Gasteiger partial charge is 0.250 e. The number of amides is 1. The first-order chi connectivity index (χ1) is 6.70. The largest absolute Gasteiger partial charge is 0.393 e. The Kier molecular flexibility index (Phi) is 4.07. The fraction of sp³-hybridized carbons (Fsp3) is 0.500. The van der Waals surface area contributed by atoms with Crippen molar-refractivity contribution in [2.75, 3.05) is 13.3 Å². The summed E-state index contributed by atoms with van der Waals surface area (Å²) < 4.78 is 0. The third-order valence-corrected chi connectivity index (χ3v) is 3.24. The van der Waals surface area contributed by atoms with Crippen molar-refractivity contribution in [1.29, 1.82) is 0 Å². The van der Waals surface area contributed by atoms with Crippen LogP contribution in [-0.4, -0.2) is 19.2 Å². The second-order valence-electron chi connectivity index (χ2n) is 3.17. The second-order valence-corrected chi connectivity index (χ2v) is 4.07. The van der Waals surface area contributed by atoms with E-state index in [1.54, 1.807) is 25.0 Å². The van der Waals surface area contributed by atoms with E-state index < -0.39 is 0 Å². The third kappa shape index (κ3) is 2.32. The SMILES string of the molecule is CN/C=C(\C(N)=O)C1=C(SC)CCC1. The Hall–Kier alpha value is -0.900. The normalized spacial score (nSPS) is 17.4. The monoisotopic (exact) mass is 212 g/mol. The van der Waals surface area contributed by atoms with Crippen molar-refractivity contribution in [1.82, 2.24) is 5.32 Å². The van der Waals surface area contributed by atoms with Crippen LogP contribution in [-0.2, 0) is 4.79 Å². The topological polar surface area (TPSA) is 55.1 Å². The fourth-order valence-electron chi connectivity index (χ4n) is 1.68. The first kappa shape index (κ1) is 11.2. The lowest BCUT2D eigenvalue weighted by Crippen LogP contribution is -2.17. The van der Waals surface area contributed by atoms with E-state index >= 15 is 0 Å². The molecule has 3 nitrogen and oxygen atoms in total. The molecule has 1 rings (SSSR count). The molecule has 0 spiro atoms. The molecule has 4 heteroatoms. The summed E-state index contributed by atoms with van der Waals surface area (Å²) >= 11 is 1.72. The maximum absolute atomic E-state index is 11.2. The zero-order valence-corrected chi connectivity index (χ0v) is 9.41. The molecular formula is C10H16N2OS. The lowest BCUT2D eigenvalue weighted by atomic mass is 10.1. The fourth-order valence-corrected chi connectivity index (χ4v) is 2.48. The molecule has 0 aliphatic heterocycles. The molecule has 0 unspecified atom stereocenters. The first-order valence-electron chi connectivity index (χ1n) is 4.64. The van der Waals surface area contributed by atoms with Crippen molar-refractivity contribution in [2.45, 2.75) is 19.3 Å². The predicted molar refractivity (Wildman–Crippen MR) is 60.7 cm³/mol. The van der Waals surface area contributed by atoms with Gasteiger partial charge in [0.2, 0.25) is 5.91 Å². The van der Waals surface area contributed by atoms with E-state index in [2.05, 4.69) is 5.32 Å². The lowest BCUT2D eigenvalue weighted by molar-refractivity contribution is -0.114. The van der Waals surface area contributed by atoms with Crippen LogP contribution >= 0.6 is 11.8 Å². The van der Waals surface area contributed by atoms with Gasteiger partial charge in [-0.15, -0.1) is 11.8 Å². The van der Waals surface area contributed by atoms with Gasteiger partial charge in [-0.3, -0.25) is 4.79 Å². The Morgan fingerprint density at radius 3 is 2.79 bits per heavy atom. The zero-order chi connectivity index (χ0) is 10.6. The van der Waals surface area contributed by atoms with Crippen molar-refractivity contribution in [3.63, 3.8) is 0 Å². The highest BCUT2D eigenvalue weighted by Gasteiger charge is 2.20. The van der Waals surface area contributed by atoms with Gasteiger partial charge in [0.25, 0.3) is 0 Å². The molecule has 1 amide bonds. The number of rotatable bonds is 4. The Balaban J connectivity index is 2.99. The summed E-state index contributed by atoms with van der Waals surface area (Å²) in [4.78, 5) is 12.5. The van der Waals surface area contributed by atoms with E-state index in [0.717, 1.165) is 24.8 Å². The third-order valence-electron chi connectivity index (χ3n) is 2.29. The van der Waals surface area contributed by atoms with Gasteiger partial charge in [0.15, 0.2) is 0 Å². The van der Waals surface area contributed by atoms with Crippen LogP contribution in [0.15, 0.2) is 22.3 Å². The van der Waals surface area contributed by atoms with E-state index in [1.165, 1.54) is 4.91 Å². The van der Waals surface area contributed by atoms with Gasteiger partial charge in [0, 0.05) is 13.2 Å². The molecule has 0 radical (unpaired) electrons. The molecule has 78 valence electrons. The molecule has 0 heterocycles.